The molecule has 9 heteroatoms. The van der Waals surface area contributed by atoms with Crippen molar-refractivity contribution in [3.8, 4) is 17.3 Å². The van der Waals surface area contributed by atoms with Gasteiger partial charge >= 0.3 is 6.18 Å². The van der Waals surface area contributed by atoms with Crippen molar-refractivity contribution in [3.63, 3.8) is 0 Å². The second-order valence-corrected chi connectivity index (χ2v) is 7.26. The maximum absolute atomic E-state index is 13.4. The topological polar surface area (TPSA) is 68.2 Å². The minimum atomic E-state index is -4.46. The summed E-state index contributed by atoms with van der Waals surface area (Å²) in [5.74, 6) is 0.293. The Morgan fingerprint density at radius 2 is 1.84 bits per heavy atom. The van der Waals surface area contributed by atoms with Gasteiger partial charge in [0.1, 0.15) is 6.61 Å². The summed E-state index contributed by atoms with van der Waals surface area (Å²) >= 11 is 0. The normalized spacial score (nSPS) is 12.3. The minimum absolute atomic E-state index is 0.0575. The quantitative estimate of drug-likeness (QED) is 0.524. The van der Waals surface area contributed by atoms with Crippen LogP contribution in [-0.4, -0.2) is 45.0 Å². The van der Waals surface area contributed by atoms with Gasteiger partial charge in [-0.05, 0) is 45.0 Å². The van der Waals surface area contributed by atoms with E-state index in [4.69, 9.17) is 4.74 Å². The van der Waals surface area contributed by atoms with E-state index in [2.05, 4.69) is 15.0 Å². The van der Waals surface area contributed by atoms with Gasteiger partial charge in [0.25, 0.3) is 5.91 Å². The molecule has 0 unspecified atom stereocenters. The second-order valence-electron chi connectivity index (χ2n) is 7.26. The van der Waals surface area contributed by atoms with Crippen LogP contribution < -0.4 is 4.74 Å². The average molecular weight is 444 g/mol. The number of alkyl halides is 3. The lowest BCUT2D eigenvalue weighted by Crippen LogP contribution is -2.42. The summed E-state index contributed by atoms with van der Waals surface area (Å²) in [6, 6.07) is 8.88. The number of hydrogen-bond acceptors (Lipinski definition) is 5. The largest absolute Gasteiger partial charge is 0.475 e. The Bertz CT molecular complexity index is 1060. The van der Waals surface area contributed by atoms with Crippen molar-refractivity contribution in [3.05, 3.63) is 71.7 Å². The molecular formula is C23H23F3N4O2. The van der Waals surface area contributed by atoms with Crippen molar-refractivity contribution >= 4 is 5.91 Å². The fourth-order valence-corrected chi connectivity index (χ4v) is 3.21. The molecule has 3 aromatic rings. The summed E-state index contributed by atoms with van der Waals surface area (Å²) in [4.78, 5) is 27.2. The van der Waals surface area contributed by atoms with Gasteiger partial charge in [0.15, 0.2) is 5.82 Å². The predicted molar refractivity (Wildman–Crippen MR) is 113 cm³/mol. The molecule has 0 aliphatic carbocycles. The van der Waals surface area contributed by atoms with Crippen molar-refractivity contribution in [1.82, 2.24) is 19.9 Å². The lowest BCUT2D eigenvalue weighted by atomic mass is 10.0. The van der Waals surface area contributed by atoms with Gasteiger partial charge in [-0.25, -0.2) is 15.0 Å². The molecule has 1 aromatic carbocycles. The van der Waals surface area contributed by atoms with Crippen LogP contribution in [0.15, 0.2) is 55.0 Å². The molecule has 0 aliphatic heterocycles. The first-order valence-corrected chi connectivity index (χ1v) is 10.1. The summed E-state index contributed by atoms with van der Waals surface area (Å²) in [5.41, 5.74) is 1.21. The molecule has 0 fully saturated rings. The number of amides is 1. The highest BCUT2D eigenvalue weighted by Gasteiger charge is 2.31. The molecular weight excluding hydrogens is 421 g/mol. The summed E-state index contributed by atoms with van der Waals surface area (Å²) in [5, 5.41) is 0. The third-order valence-electron chi connectivity index (χ3n) is 4.88. The van der Waals surface area contributed by atoms with Gasteiger partial charge in [0, 0.05) is 36.8 Å². The van der Waals surface area contributed by atoms with Crippen molar-refractivity contribution < 1.29 is 22.7 Å². The Balaban J connectivity index is 1.76. The Kier molecular flexibility index (Phi) is 7.07. The van der Waals surface area contributed by atoms with Crippen LogP contribution in [0.25, 0.3) is 11.4 Å². The number of carbonyl (C=O) groups excluding carboxylic acids is 1. The average Bonchev–Trinajstić information content (AvgIpc) is 2.78. The van der Waals surface area contributed by atoms with Crippen molar-refractivity contribution in [2.45, 2.75) is 33.0 Å². The number of hydrogen-bond donors (Lipinski definition) is 0. The number of ether oxygens (including phenoxy) is 1. The summed E-state index contributed by atoms with van der Waals surface area (Å²) in [6.07, 6.45) is -0.506. The minimum Gasteiger partial charge on any atom is -0.475 e. The van der Waals surface area contributed by atoms with Gasteiger partial charge in [0.2, 0.25) is 5.88 Å². The first kappa shape index (κ1) is 23.2. The molecule has 3 rings (SSSR count). The third kappa shape index (κ3) is 5.40. The molecule has 0 N–H and O–H groups in total. The van der Waals surface area contributed by atoms with Gasteiger partial charge in [0.05, 0.1) is 17.2 Å². The number of benzene rings is 1. The zero-order valence-electron chi connectivity index (χ0n) is 17.9. The molecule has 2 heterocycles. The molecule has 1 atom stereocenters. The Morgan fingerprint density at radius 3 is 2.44 bits per heavy atom. The highest BCUT2D eigenvalue weighted by Crippen LogP contribution is 2.29. The molecule has 6 nitrogen and oxygen atoms in total. The Labute approximate surface area is 184 Å². The van der Waals surface area contributed by atoms with Crippen molar-refractivity contribution in [2.75, 3.05) is 13.2 Å². The molecule has 0 bridgehead atoms. The van der Waals surface area contributed by atoms with E-state index in [1.54, 1.807) is 36.4 Å². The molecule has 0 saturated heterocycles. The number of aromatic nitrogens is 3. The summed E-state index contributed by atoms with van der Waals surface area (Å²) in [6.45, 7) is 6.05. The number of halogens is 3. The summed E-state index contributed by atoms with van der Waals surface area (Å²) < 4.78 is 43.6. The molecule has 0 spiro atoms. The zero-order chi connectivity index (χ0) is 23.3. The first-order valence-electron chi connectivity index (χ1n) is 10.1. The van der Waals surface area contributed by atoms with Crippen molar-refractivity contribution in [2.24, 2.45) is 0 Å². The number of pyridine rings is 1. The van der Waals surface area contributed by atoms with E-state index in [9.17, 15) is 18.0 Å². The van der Waals surface area contributed by atoms with E-state index in [1.807, 2.05) is 26.0 Å². The molecule has 0 saturated carbocycles. The Hall–Kier alpha value is -3.49. The van der Waals surface area contributed by atoms with E-state index < -0.39 is 11.7 Å². The fourth-order valence-electron chi connectivity index (χ4n) is 3.21. The predicted octanol–water partition coefficient (Wildman–Crippen LogP) is 4.80. The standard InChI is InChI=1S/C23H23F3N4O2/c1-4-30(16(3)14-32-20-9-7-17(13-29-20)23(24,25)26)22(31)18-8-6-15(2)12-19(18)21-27-10-5-11-28-21/h5-13,16H,4,14H2,1-3H3/t16-/m0/s1. The molecule has 168 valence electrons. The van der Waals surface area contributed by atoms with E-state index in [0.29, 0.717) is 23.5 Å². The smallest absolute Gasteiger partial charge is 0.417 e. The lowest BCUT2D eigenvalue weighted by Gasteiger charge is -2.28. The van der Waals surface area contributed by atoms with E-state index in [1.165, 1.54) is 6.07 Å². The monoisotopic (exact) mass is 444 g/mol. The van der Waals surface area contributed by atoms with Gasteiger partial charge in [-0.15, -0.1) is 0 Å². The van der Waals surface area contributed by atoms with Crippen LogP contribution in [0.5, 0.6) is 5.88 Å². The highest BCUT2D eigenvalue weighted by molar-refractivity contribution is 6.00. The van der Waals surface area contributed by atoms with Gasteiger partial charge < -0.3 is 9.64 Å². The maximum atomic E-state index is 13.4. The fraction of sp³-hybridized carbons (Fsp3) is 0.304. The molecule has 2 aromatic heterocycles. The molecule has 0 aliphatic rings. The van der Waals surface area contributed by atoms with Crippen LogP contribution in [-0.2, 0) is 6.18 Å². The molecule has 32 heavy (non-hydrogen) atoms. The number of rotatable bonds is 7. The van der Waals surface area contributed by atoms with E-state index >= 15 is 0 Å². The lowest BCUT2D eigenvalue weighted by molar-refractivity contribution is -0.137. The van der Waals surface area contributed by atoms with Crippen molar-refractivity contribution in [1.29, 1.82) is 0 Å². The zero-order valence-corrected chi connectivity index (χ0v) is 17.9. The highest BCUT2D eigenvalue weighted by atomic mass is 19.4. The first-order chi connectivity index (χ1) is 15.2. The van der Waals surface area contributed by atoms with E-state index in [0.717, 1.165) is 17.8 Å². The van der Waals surface area contributed by atoms with Crippen LogP contribution in [0.1, 0.15) is 35.3 Å². The summed E-state index contributed by atoms with van der Waals surface area (Å²) in [7, 11) is 0. The number of nitrogens with zero attached hydrogens (tertiary/aromatic N) is 4. The van der Waals surface area contributed by atoms with E-state index in [-0.39, 0.29) is 24.4 Å². The third-order valence-corrected chi connectivity index (χ3v) is 4.88. The Morgan fingerprint density at radius 1 is 1.12 bits per heavy atom. The van der Waals surface area contributed by atoms with Gasteiger partial charge in [-0.3, -0.25) is 4.79 Å². The number of aryl methyl sites for hydroxylation is 1. The van der Waals surface area contributed by atoms with Crippen LogP contribution in [0, 0.1) is 6.92 Å². The van der Waals surface area contributed by atoms with Crippen LogP contribution in [0.4, 0.5) is 13.2 Å². The number of likely N-dealkylation sites (N-methyl/N-ethyl adjacent to an activating group) is 1. The van der Waals surface area contributed by atoms with Crippen LogP contribution >= 0.6 is 0 Å². The van der Waals surface area contributed by atoms with Crippen LogP contribution in [0.3, 0.4) is 0 Å². The van der Waals surface area contributed by atoms with Crippen LogP contribution in [0.2, 0.25) is 0 Å². The van der Waals surface area contributed by atoms with Gasteiger partial charge in [-0.1, -0.05) is 11.6 Å². The number of carbonyl (C=O) groups is 1. The molecule has 1 amide bonds. The maximum Gasteiger partial charge on any atom is 0.417 e. The molecule has 0 radical (unpaired) electrons. The SMILES string of the molecule is CCN(C(=O)c1ccc(C)cc1-c1ncccn1)[C@@H](C)COc1ccc(C(F)(F)F)cn1. The second kappa shape index (κ2) is 9.76. The van der Waals surface area contributed by atoms with Gasteiger partial charge in [-0.2, -0.15) is 13.2 Å².